The topological polar surface area (TPSA) is 103 Å². The van der Waals surface area contributed by atoms with Crippen molar-refractivity contribution in [1.29, 1.82) is 0 Å². The van der Waals surface area contributed by atoms with E-state index in [1.807, 2.05) is 12.2 Å². The molecule has 7 heteroatoms. The third-order valence-electron chi connectivity index (χ3n) is 5.07. The van der Waals surface area contributed by atoms with Crippen LogP contribution in [0.4, 0.5) is 0 Å². The van der Waals surface area contributed by atoms with Crippen molar-refractivity contribution >= 4 is 17.8 Å². The standard InChI is InChI=1S/C15H15N3O4/c19-13-11-7-1-2-8(3-7)12(11)14(20)18(13)10(15(21)22)4-9-5-16-6-17-9/h1-2,5-8,10-12H,3-4H2,(H,16,17)(H,21,22)/t7-,8+,10?,11?,12?. The summed E-state index contributed by atoms with van der Waals surface area (Å²) < 4.78 is 0. The molecule has 1 aromatic heterocycles. The fourth-order valence-electron chi connectivity index (χ4n) is 4.13. The first kappa shape index (κ1) is 13.2. The van der Waals surface area contributed by atoms with Crippen LogP contribution < -0.4 is 0 Å². The number of H-pyrrole nitrogens is 1. The van der Waals surface area contributed by atoms with Crippen LogP contribution in [0.5, 0.6) is 0 Å². The minimum atomic E-state index is -1.18. The van der Waals surface area contributed by atoms with Crippen LogP contribution in [0.1, 0.15) is 12.1 Å². The van der Waals surface area contributed by atoms with Gasteiger partial charge in [-0.2, -0.15) is 0 Å². The van der Waals surface area contributed by atoms with Gasteiger partial charge in [-0.25, -0.2) is 9.78 Å². The van der Waals surface area contributed by atoms with Crippen LogP contribution in [0.15, 0.2) is 24.7 Å². The van der Waals surface area contributed by atoms with Gasteiger partial charge in [-0.15, -0.1) is 0 Å². The van der Waals surface area contributed by atoms with E-state index in [-0.39, 0.29) is 41.9 Å². The number of aromatic amines is 1. The van der Waals surface area contributed by atoms with Crippen LogP contribution in [0.2, 0.25) is 0 Å². The molecule has 0 radical (unpaired) electrons. The molecule has 2 fully saturated rings. The number of carboxylic acid groups (broad SMARTS) is 1. The molecule has 5 atom stereocenters. The Balaban J connectivity index is 1.65. The lowest BCUT2D eigenvalue weighted by Crippen LogP contribution is -2.47. The van der Waals surface area contributed by atoms with Crippen LogP contribution >= 0.6 is 0 Å². The second-order valence-corrected chi connectivity index (χ2v) is 6.18. The third-order valence-corrected chi connectivity index (χ3v) is 5.07. The zero-order valence-corrected chi connectivity index (χ0v) is 11.7. The molecule has 1 saturated heterocycles. The molecule has 2 N–H and O–H groups in total. The number of amides is 2. The molecule has 2 bridgehead atoms. The minimum Gasteiger partial charge on any atom is -0.480 e. The maximum atomic E-state index is 12.6. The zero-order chi connectivity index (χ0) is 15.4. The Kier molecular flexibility index (Phi) is 2.72. The second kappa shape index (κ2) is 4.53. The Bertz CT molecular complexity index is 651. The molecule has 1 aliphatic heterocycles. The van der Waals surface area contributed by atoms with Crippen molar-refractivity contribution in [3.8, 4) is 0 Å². The Hall–Kier alpha value is -2.44. The first-order valence-corrected chi connectivity index (χ1v) is 7.33. The largest absolute Gasteiger partial charge is 0.480 e. The molecule has 3 aliphatic rings. The molecule has 0 aromatic carbocycles. The van der Waals surface area contributed by atoms with Crippen molar-refractivity contribution in [3.63, 3.8) is 0 Å². The Morgan fingerprint density at radius 2 is 1.95 bits per heavy atom. The van der Waals surface area contributed by atoms with E-state index in [0.717, 1.165) is 11.3 Å². The van der Waals surface area contributed by atoms with Crippen LogP contribution in [-0.4, -0.2) is 43.8 Å². The van der Waals surface area contributed by atoms with Gasteiger partial charge in [0.05, 0.1) is 18.2 Å². The van der Waals surface area contributed by atoms with Crippen molar-refractivity contribution in [1.82, 2.24) is 14.9 Å². The van der Waals surface area contributed by atoms with Gasteiger partial charge in [0.1, 0.15) is 6.04 Å². The number of imidazole rings is 1. The number of fused-ring (bicyclic) bond motifs is 5. The quantitative estimate of drug-likeness (QED) is 0.611. The average Bonchev–Trinajstić information content (AvgIpc) is 3.23. The third kappa shape index (κ3) is 1.68. The van der Waals surface area contributed by atoms with Gasteiger partial charge in [0, 0.05) is 18.3 Å². The SMILES string of the molecule is O=C(O)C(Cc1cnc[nH]1)N1C(=O)C2C(C1=O)[C@H]1C=C[C@@H]2C1. The van der Waals surface area contributed by atoms with E-state index in [0.29, 0.717) is 5.69 Å². The van der Waals surface area contributed by atoms with Gasteiger partial charge in [0.25, 0.3) is 0 Å². The van der Waals surface area contributed by atoms with Gasteiger partial charge in [-0.1, -0.05) is 12.2 Å². The molecular formula is C15H15N3O4. The van der Waals surface area contributed by atoms with Gasteiger partial charge >= 0.3 is 5.97 Å². The van der Waals surface area contributed by atoms with Crippen LogP contribution in [0.3, 0.4) is 0 Å². The molecule has 3 unspecified atom stereocenters. The first-order valence-electron chi connectivity index (χ1n) is 7.33. The van der Waals surface area contributed by atoms with E-state index in [4.69, 9.17) is 0 Å². The summed E-state index contributed by atoms with van der Waals surface area (Å²) in [7, 11) is 0. The fraction of sp³-hybridized carbons (Fsp3) is 0.467. The van der Waals surface area contributed by atoms with Crippen molar-refractivity contribution in [3.05, 3.63) is 30.4 Å². The summed E-state index contributed by atoms with van der Waals surface area (Å²) in [5.74, 6) is -2.41. The van der Waals surface area contributed by atoms with Gasteiger partial charge < -0.3 is 10.1 Å². The number of rotatable bonds is 4. The minimum absolute atomic E-state index is 0.0506. The molecule has 1 aromatic rings. The number of likely N-dealkylation sites (tertiary alicyclic amines) is 1. The van der Waals surface area contributed by atoms with Crippen molar-refractivity contribution in [2.24, 2.45) is 23.7 Å². The fourth-order valence-corrected chi connectivity index (χ4v) is 4.13. The maximum Gasteiger partial charge on any atom is 0.327 e. The number of nitrogens with one attached hydrogen (secondary N) is 1. The number of aliphatic carboxylic acids is 1. The molecule has 7 nitrogen and oxygen atoms in total. The number of carbonyl (C=O) groups is 3. The Morgan fingerprint density at radius 1 is 1.32 bits per heavy atom. The number of hydrogen-bond donors (Lipinski definition) is 2. The summed E-state index contributed by atoms with van der Waals surface area (Å²) >= 11 is 0. The van der Waals surface area contributed by atoms with Crippen LogP contribution in [0, 0.1) is 23.7 Å². The summed E-state index contributed by atoms with van der Waals surface area (Å²) in [5, 5.41) is 9.48. The molecule has 2 amide bonds. The summed E-state index contributed by atoms with van der Waals surface area (Å²) in [6.07, 6.45) is 7.82. The lowest BCUT2D eigenvalue weighted by molar-refractivity contribution is -0.155. The highest BCUT2D eigenvalue weighted by Crippen LogP contribution is 2.52. The van der Waals surface area contributed by atoms with E-state index in [1.165, 1.54) is 12.5 Å². The number of hydrogen-bond acceptors (Lipinski definition) is 4. The number of aromatic nitrogens is 2. The monoisotopic (exact) mass is 301 g/mol. The highest BCUT2D eigenvalue weighted by molar-refractivity contribution is 6.08. The summed E-state index contributed by atoms with van der Waals surface area (Å²) in [6.45, 7) is 0. The van der Waals surface area contributed by atoms with Gasteiger partial charge in [-0.3, -0.25) is 14.5 Å². The normalized spacial score (nSPS) is 33.5. The Morgan fingerprint density at radius 3 is 2.45 bits per heavy atom. The predicted octanol–water partition coefficient (Wildman–Crippen LogP) is 0.212. The molecule has 1 saturated carbocycles. The molecule has 2 heterocycles. The number of imide groups is 1. The van der Waals surface area contributed by atoms with E-state index in [9.17, 15) is 19.5 Å². The van der Waals surface area contributed by atoms with Crippen molar-refractivity contribution in [2.45, 2.75) is 18.9 Å². The molecule has 22 heavy (non-hydrogen) atoms. The highest BCUT2D eigenvalue weighted by atomic mass is 16.4. The number of carboxylic acids is 1. The number of nitrogens with zero attached hydrogens (tertiary/aromatic N) is 2. The highest BCUT2D eigenvalue weighted by Gasteiger charge is 2.61. The van der Waals surface area contributed by atoms with E-state index >= 15 is 0 Å². The van der Waals surface area contributed by atoms with E-state index in [1.54, 1.807) is 0 Å². The maximum absolute atomic E-state index is 12.6. The summed E-state index contributed by atoms with van der Waals surface area (Å²) in [6, 6.07) is -1.18. The predicted molar refractivity (Wildman–Crippen MR) is 73.3 cm³/mol. The average molecular weight is 301 g/mol. The zero-order valence-electron chi connectivity index (χ0n) is 11.7. The Labute approximate surface area is 126 Å². The van der Waals surface area contributed by atoms with Gasteiger partial charge in [-0.05, 0) is 18.3 Å². The van der Waals surface area contributed by atoms with Gasteiger partial charge in [0.15, 0.2) is 0 Å². The summed E-state index contributed by atoms with van der Waals surface area (Å²) in [5.41, 5.74) is 0.589. The smallest absolute Gasteiger partial charge is 0.327 e. The van der Waals surface area contributed by atoms with Gasteiger partial charge in [0.2, 0.25) is 11.8 Å². The van der Waals surface area contributed by atoms with Crippen molar-refractivity contribution < 1.29 is 19.5 Å². The number of allylic oxidation sites excluding steroid dienone is 2. The molecule has 4 rings (SSSR count). The van der Waals surface area contributed by atoms with E-state index < -0.39 is 12.0 Å². The molecule has 0 spiro atoms. The van der Waals surface area contributed by atoms with Crippen molar-refractivity contribution in [2.75, 3.05) is 0 Å². The molecule has 114 valence electrons. The second-order valence-electron chi connectivity index (χ2n) is 6.18. The van der Waals surface area contributed by atoms with E-state index in [2.05, 4.69) is 9.97 Å². The lowest BCUT2D eigenvalue weighted by Gasteiger charge is -2.24. The van der Waals surface area contributed by atoms with Crippen LogP contribution in [-0.2, 0) is 20.8 Å². The summed E-state index contributed by atoms with van der Waals surface area (Å²) in [4.78, 5) is 44.5. The molecule has 2 aliphatic carbocycles. The number of carbonyl (C=O) groups excluding carboxylic acids is 2. The first-order chi connectivity index (χ1) is 10.6. The lowest BCUT2D eigenvalue weighted by atomic mass is 9.85. The molecular weight excluding hydrogens is 286 g/mol. The van der Waals surface area contributed by atoms with Crippen LogP contribution in [0.25, 0.3) is 0 Å².